The molecule has 390 valence electrons. The van der Waals surface area contributed by atoms with Gasteiger partial charge in [-0.05, 0) is 100 Å². The molecule has 70 heavy (non-hydrogen) atoms. The van der Waals surface area contributed by atoms with Crippen molar-refractivity contribution in [2.24, 2.45) is 0 Å². The van der Waals surface area contributed by atoms with Crippen molar-refractivity contribution >= 4 is 34.6 Å². The molecule has 1 aliphatic heterocycles. The molecule has 1 aliphatic rings. The summed E-state index contributed by atoms with van der Waals surface area (Å²) in [7, 11) is -3.99. The van der Waals surface area contributed by atoms with Gasteiger partial charge in [-0.15, -0.1) is 0 Å². The van der Waals surface area contributed by atoms with E-state index >= 15 is 0 Å². The quantitative estimate of drug-likeness (QED) is 0.0499. The van der Waals surface area contributed by atoms with E-state index in [2.05, 4.69) is 83.7 Å². The molecule has 2 unspecified atom stereocenters. The zero-order valence-corrected chi connectivity index (χ0v) is 45.8. The average Bonchev–Trinajstić information content (AvgIpc) is 3.58. The van der Waals surface area contributed by atoms with Gasteiger partial charge in [0.15, 0.2) is 22.9 Å². The van der Waals surface area contributed by atoms with Crippen LogP contribution in [0.2, 0.25) is 36.3 Å². The zero-order chi connectivity index (χ0) is 52.6. The Morgan fingerprint density at radius 1 is 0.786 bits per heavy atom. The van der Waals surface area contributed by atoms with Gasteiger partial charge in [0.2, 0.25) is 5.91 Å². The van der Waals surface area contributed by atoms with Crippen LogP contribution in [0.1, 0.15) is 93.0 Å². The number of nitrogens with one attached hydrogen (secondary N) is 3. The number of rotatable bonds is 21. The molecule has 3 aromatic rings. The van der Waals surface area contributed by atoms with Crippen molar-refractivity contribution in [2.75, 3.05) is 20.2 Å². The number of nitrogens with zero attached hydrogens (tertiary/aromatic N) is 2. The van der Waals surface area contributed by atoms with Crippen molar-refractivity contribution in [3.05, 3.63) is 98.8 Å². The van der Waals surface area contributed by atoms with Crippen molar-refractivity contribution in [3.63, 3.8) is 0 Å². The second-order valence-corrected chi connectivity index (χ2v) is 31.5. The Kier molecular flexibility index (Phi) is 19.6. The van der Waals surface area contributed by atoms with Crippen molar-refractivity contribution < 1.29 is 52.4 Å². The SMILES string of the molecule is COc1ccc(Cn2c(=O)ccn([C@@H]3OC([C@@H](O)[C@H](NCCCNC(=O)[C@@H](NC(=O)OCc4ccccc4)C(C)O)C(=O)OC(C)(C)C)[C@@H](O[Si](C)(C)C(C)(C)C)[C@H]3O[Si](C)(C)C(C)(C)C)c2=O)cc1. The topological polar surface area (TPSA) is 227 Å². The molecule has 1 aromatic heterocycles. The molecular weight excluding hydrogens is 935 g/mol. The number of alkyl carbamates (subject to hydrolysis) is 1. The number of esters is 1. The Morgan fingerprint density at radius 3 is 1.91 bits per heavy atom. The van der Waals surface area contributed by atoms with Crippen molar-refractivity contribution in [1.82, 2.24) is 25.1 Å². The number of amides is 2. The maximum absolute atomic E-state index is 14.6. The molecule has 2 aromatic carbocycles. The van der Waals surface area contributed by atoms with Crippen LogP contribution >= 0.6 is 0 Å². The molecule has 0 spiro atoms. The number of ether oxygens (including phenoxy) is 4. The van der Waals surface area contributed by atoms with Gasteiger partial charge in [-0.2, -0.15) is 0 Å². The number of aromatic nitrogens is 2. The van der Waals surface area contributed by atoms with Gasteiger partial charge in [0, 0.05) is 18.8 Å². The lowest BCUT2D eigenvalue weighted by Crippen LogP contribution is -2.59. The van der Waals surface area contributed by atoms with Crippen LogP contribution in [-0.2, 0) is 45.8 Å². The van der Waals surface area contributed by atoms with Crippen molar-refractivity contribution in [1.29, 1.82) is 0 Å². The molecule has 0 bridgehead atoms. The molecule has 18 nitrogen and oxygen atoms in total. The lowest BCUT2D eigenvalue weighted by atomic mass is 9.99. The number of carbonyl (C=O) groups is 3. The molecular formula is C50H79N5O13Si2. The molecule has 1 saturated heterocycles. The van der Waals surface area contributed by atoms with Gasteiger partial charge in [0.25, 0.3) is 5.56 Å². The van der Waals surface area contributed by atoms with Crippen LogP contribution in [0, 0.1) is 0 Å². The fourth-order valence-electron chi connectivity index (χ4n) is 7.10. The number of methoxy groups -OCH3 is 1. The van der Waals surface area contributed by atoms with E-state index in [1.807, 2.05) is 6.07 Å². The van der Waals surface area contributed by atoms with Gasteiger partial charge < -0.3 is 54.0 Å². The molecule has 8 atom stereocenters. The Labute approximate surface area is 415 Å². The third kappa shape index (κ3) is 15.4. The summed E-state index contributed by atoms with van der Waals surface area (Å²) in [6.45, 7) is 27.2. The van der Waals surface area contributed by atoms with Gasteiger partial charge in [0.05, 0.1) is 19.8 Å². The minimum Gasteiger partial charge on any atom is -0.497 e. The summed E-state index contributed by atoms with van der Waals surface area (Å²) in [5.41, 5.74) is -0.761. The number of benzene rings is 2. The fraction of sp³-hybridized carbons (Fsp3) is 0.620. The number of aliphatic hydroxyl groups excluding tert-OH is 2. The standard InChI is InChI=1S/C50H79N5O13Si2/c1-32(56)37(53-46(61)64-31-34-20-17-16-18-21-34)43(59)52-28-19-27-51-38(45(60)66-48(2,3)4)39(58)40-41(67-69(12,13)49(5,6)7)42(68-70(14,15)50(8,9)10)44(65-40)54-29-26-36(57)55(47(54)62)30-33-22-24-35(63-11)25-23-33/h16-18,20-26,29,32,37-42,44,51,56,58H,19,27-28,30-31H2,1-15H3,(H,52,59)(H,53,61)/t32?,37-,38-,39-,40?,41+,42+,44+/m0/s1. The Balaban J connectivity index is 1.69. The first kappa shape index (κ1) is 57.9. The monoisotopic (exact) mass is 1010 g/mol. The van der Waals surface area contributed by atoms with Gasteiger partial charge in [-0.1, -0.05) is 84.0 Å². The highest BCUT2D eigenvalue weighted by Gasteiger charge is 2.58. The summed E-state index contributed by atoms with van der Waals surface area (Å²) in [6, 6.07) is 14.5. The zero-order valence-electron chi connectivity index (χ0n) is 43.8. The molecule has 1 fully saturated rings. The molecule has 5 N–H and O–H groups in total. The first-order valence-corrected chi connectivity index (χ1v) is 29.7. The van der Waals surface area contributed by atoms with Crippen LogP contribution < -0.4 is 31.9 Å². The normalized spacial score (nSPS) is 19.7. The van der Waals surface area contributed by atoms with E-state index < -0.39 is 100 Å². The third-order valence-electron chi connectivity index (χ3n) is 13.2. The molecule has 4 rings (SSSR count). The van der Waals surface area contributed by atoms with Gasteiger partial charge in [-0.25, -0.2) is 9.59 Å². The highest BCUT2D eigenvalue weighted by atomic mass is 28.4. The Hall–Kier alpha value is -4.68. The van der Waals surface area contributed by atoms with Crippen molar-refractivity contribution in [3.8, 4) is 5.75 Å². The maximum atomic E-state index is 14.6. The largest absolute Gasteiger partial charge is 0.497 e. The summed E-state index contributed by atoms with van der Waals surface area (Å²) in [5, 5.41) is 30.6. The Bertz CT molecular complexity index is 2320. The highest BCUT2D eigenvalue weighted by Crippen LogP contribution is 2.46. The lowest BCUT2D eigenvalue weighted by molar-refractivity contribution is -0.166. The van der Waals surface area contributed by atoms with E-state index in [4.69, 9.17) is 27.8 Å². The minimum atomic E-state index is -2.78. The van der Waals surface area contributed by atoms with Crippen LogP contribution in [0.25, 0.3) is 0 Å². The molecule has 0 aliphatic carbocycles. The summed E-state index contributed by atoms with van der Waals surface area (Å²) in [5.74, 6) is -0.837. The number of carbonyl (C=O) groups excluding carboxylic acids is 3. The van der Waals surface area contributed by atoms with E-state index in [0.717, 1.165) is 10.1 Å². The van der Waals surface area contributed by atoms with Crippen LogP contribution in [0.15, 0.2) is 76.4 Å². The summed E-state index contributed by atoms with van der Waals surface area (Å²) in [4.78, 5) is 68.1. The van der Waals surface area contributed by atoms with E-state index in [0.29, 0.717) is 11.3 Å². The van der Waals surface area contributed by atoms with E-state index in [9.17, 15) is 34.2 Å². The molecule has 2 heterocycles. The molecule has 20 heteroatoms. The highest BCUT2D eigenvalue weighted by molar-refractivity contribution is 6.74. The van der Waals surface area contributed by atoms with E-state index in [1.54, 1.807) is 76.4 Å². The average molecular weight is 1010 g/mol. The van der Waals surface area contributed by atoms with Crippen molar-refractivity contribution in [2.45, 2.75) is 180 Å². The van der Waals surface area contributed by atoms with Crippen LogP contribution in [-0.4, -0.2) is 122 Å². The lowest BCUT2D eigenvalue weighted by Gasteiger charge is -2.44. The molecule has 0 saturated carbocycles. The van der Waals surface area contributed by atoms with Gasteiger partial charge in [0.1, 0.15) is 54.5 Å². The second kappa shape index (κ2) is 23.7. The Morgan fingerprint density at radius 2 is 1.37 bits per heavy atom. The summed E-state index contributed by atoms with van der Waals surface area (Å²) < 4.78 is 40.1. The number of aliphatic hydroxyl groups is 2. The van der Waals surface area contributed by atoms with Gasteiger partial charge in [-0.3, -0.25) is 23.5 Å². The number of hydrogen-bond acceptors (Lipinski definition) is 14. The first-order chi connectivity index (χ1) is 32.4. The minimum absolute atomic E-state index is 0.0322. The second-order valence-electron chi connectivity index (χ2n) is 22.0. The van der Waals surface area contributed by atoms with Gasteiger partial charge >= 0.3 is 17.8 Å². The van der Waals surface area contributed by atoms with Crippen LogP contribution in [0.3, 0.4) is 0 Å². The van der Waals surface area contributed by atoms with E-state index in [-0.39, 0.29) is 42.7 Å². The predicted molar refractivity (Wildman–Crippen MR) is 272 cm³/mol. The predicted octanol–water partition coefficient (Wildman–Crippen LogP) is 5.59. The van der Waals surface area contributed by atoms with E-state index in [1.165, 1.54) is 23.8 Å². The third-order valence-corrected chi connectivity index (χ3v) is 22.1. The fourth-order valence-corrected chi connectivity index (χ4v) is 9.69. The van der Waals surface area contributed by atoms with Crippen LogP contribution in [0.4, 0.5) is 4.79 Å². The van der Waals surface area contributed by atoms with Crippen LogP contribution in [0.5, 0.6) is 5.75 Å². The number of hydrogen-bond donors (Lipinski definition) is 5. The summed E-state index contributed by atoms with van der Waals surface area (Å²) >= 11 is 0. The summed E-state index contributed by atoms with van der Waals surface area (Å²) in [6.07, 6.45) is -6.81. The maximum Gasteiger partial charge on any atom is 0.408 e. The first-order valence-electron chi connectivity index (χ1n) is 23.9. The molecule has 2 amide bonds. The smallest absolute Gasteiger partial charge is 0.408 e. The molecule has 0 radical (unpaired) electrons.